The van der Waals surface area contributed by atoms with Crippen LogP contribution in [0.4, 0.5) is 5.82 Å². The molecule has 1 aromatic carbocycles. The summed E-state index contributed by atoms with van der Waals surface area (Å²) in [6, 6.07) is 8.53. The van der Waals surface area contributed by atoms with E-state index in [0.29, 0.717) is 30.2 Å². The number of anilines is 1. The molecular formula is C17H20N4O3. The van der Waals surface area contributed by atoms with Crippen molar-refractivity contribution in [3.8, 4) is 11.3 Å². The highest BCUT2D eigenvalue weighted by atomic mass is 16.5. The zero-order valence-corrected chi connectivity index (χ0v) is 13.4. The molecule has 3 N–H and O–H groups in total. The van der Waals surface area contributed by atoms with Crippen LogP contribution in [0.5, 0.6) is 0 Å². The summed E-state index contributed by atoms with van der Waals surface area (Å²) in [6.45, 7) is 2.99. The quantitative estimate of drug-likeness (QED) is 0.866. The Hall–Kier alpha value is -2.51. The molecule has 0 bridgehead atoms. The summed E-state index contributed by atoms with van der Waals surface area (Å²) in [7, 11) is 0. The van der Waals surface area contributed by atoms with Gasteiger partial charge in [0.2, 0.25) is 0 Å². The number of aliphatic hydroxyl groups excluding tert-OH is 1. The van der Waals surface area contributed by atoms with Crippen LogP contribution in [0.1, 0.15) is 17.3 Å². The molecule has 0 unspecified atom stereocenters. The van der Waals surface area contributed by atoms with E-state index in [1.54, 1.807) is 29.2 Å². The van der Waals surface area contributed by atoms with Crippen LogP contribution in [-0.4, -0.2) is 57.8 Å². The van der Waals surface area contributed by atoms with Gasteiger partial charge in [-0.2, -0.15) is 0 Å². The van der Waals surface area contributed by atoms with Crippen molar-refractivity contribution in [2.24, 2.45) is 0 Å². The highest BCUT2D eigenvalue weighted by Crippen LogP contribution is 2.22. The van der Waals surface area contributed by atoms with Crippen LogP contribution in [0.25, 0.3) is 11.3 Å². The number of nitrogens with zero attached hydrogens (tertiary/aromatic N) is 3. The van der Waals surface area contributed by atoms with Crippen molar-refractivity contribution in [1.82, 2.24) is 14.9 Å². The van der Waals surface area contributed by atoms with E-state index in [1.807, 2.05) is 13.0 Å². The number of nitrogens with two attached hydrogens (primary N) is 1. The first-order valence-electron chi connectivity index (χ1n) is 7.85. The van der Waals surface area contributed by atoms with Gasteiger partial charge in [0.1, 0.15) is 12.1 Å². The van der Waals surface area contributed by atoms with Crippen molar-refractivity contribution in [1.29, 1.82) is 0 Å². The highest BCUT2D eigenvalue weighted by Gasteiger charge is 2.34. The molecule has 1 amide bonds. The Labute approximate surface area is 140 Å². The second kappa shape index (κ2) is 6.94. The van der Waals surface area contributed by atoms with Crippen molar-refractivity contribution in [3.05, 3.63) is 42.2 Å². The SMILES string of the molecule is CCN(C(=O)c1cccc(-c2cc(N)ncn2)c1)[C@H]1COC[C@@H]1O. The van der Waals surface area contributed by atoms with Crippen LogP contribution in [0, 0.1) is 0 Å². The van der Waals surface area contributed by atoms with E-state index >= 15 is 0 Å². The predicted octanol–water partition coefficient (Wildman–Crippen LogP) is 0.948. The van der Waals surface area contributed by atoms with E-state index in [9.17, 15) is 9.90 Å². The smallest absolute Gasteiger partial charge is 0.254 e. The van der Waals surface area contributed by atoms with E-state index in [0.717, 1.165) is 5.56 Å². The Morgan fingerprint density at radius 1 is 1.38 bits per heavy atom. The predicted molar refractivity (Wildman–Crippen MR) is 89.2 cm³/mol. The minimum absolute atomic E-state index is 0.143. The number of aliphatic hydroxyl groups is 1. The summed E-state index contributed by atoms with van der Waals surface area (Å²) < 4.78 is 5.27. The van der Waals surface area contributed by atoms with Crippen LogP contribution < -0.4 is 5.73 Å². The van der Waals surface area contributed by atoms with Crippen molar-refractivity contribution in [3.63, 3.8) is 0 Å². The number of aromatic nitrogens is 2. The summed E-state index contributed by atoms with van der Waals surface area (Å²) >= 11 is 0. The van der Waals surface area contributed by atoms with Crippen LogP contribution in [-0.2, 0) is 4.74 Å². The second-order valence-corrected chi connectivity index (χ2v) is 5.67. The number of carbonyl (C=O) groups excluding carboxylic acids is 1. The van der Waals surface area contributed by atoms with Crippen LogP contribution in [0.3, 0.4) is 0 Å². The third kappa shape index (κ3) is 3.22. The molecule has 1 aliphatic rings. The highest BCUT2D eigenvalue weighted by molar-refractivity contribution is 5.95. The van der Waals surface area contributed by atoms with Crippen molar-refractivity contribution in [2.45, 2.75) is 19.1 Å². The first-order chi connectivity index (χ1) is 11.6. The summed E-state index contributed by atoms with van der Waals surface area (Å²) in [5.74, 6) is 0.231. The van der Waals surface area contributed by atoms with E-state index < -0.39 is 6.10 Å². The van der Waals surface area contributed by atoms with Gasteiger partial charge in [0, 0.05) is 23.7 Å². The second-order valence-electron chi connectivity index (χ2n) is 5.67. The maximum Gasteiger partial charge on any atom is 0.254 e. The fraction of sp³-hybridized carbons (Fsp3) is 0.353. The molecule has 3 rings (SSSR count). The molecule has 0 spiro atoms. The van der Waals surface area contributed by atoms with E-state index in [1.165, 1.54) is 6.33 Å². The molecule has 1 aromatic heterocycles. The maximum absolute atomic E-state index is 12.9. The van der Waals surface area contributed by atoms with Gasteiger partial charge in [-0.3, -0.25) is 4.79 Å². The molecule has 1 fully saturated rings. The molecule has 2 heterocycles. The first-order valence-corrected chi connectivity index (χ1v) is 7.85. The number of nitrogen functional groups attached to an aromatic ring is 1. The topological polar surface area (TPSA) is 102 Å². The number of carbonyl (C=O) groups is 1. The third-order valence-electron chi connectivity index (χ3n) is 4.12. The number of likely N-dealkylation sites (N-methyl/N-ethyl adjacent to an activating group) is 1. The van der Waals surface area contributed by atoms with Crippen molar-refractivity contribution < 1.29 is 14.6 Å². The van der Waals surface area contributed by atoms with Gasteiger partial charge >= 0.3 is 0 Å². The third-order valence-corrected chi connectivity index (χ3v) is 4.12. The molecule has 24 heavy (non-hydrogen) atoms. The first kappa shape index (κ1) is 16.4. The Balaban J connectivity index is 1.88. The normalized spacial score (nSPS) is 20.1. The van der Waals surface area contributed by atoms with Gasteiger partial charge in [0.05, 0.1) is 31.1 Å². The van der Waals surface area contributed by atoms with Gasteiger partial charge in [0.15, 0.2) is 0 Å². The number of hydrogen-bond acceptors (Lipinski definition) is 6. The maximum atomic E-state index is 12.9. The summed E-state index contributed by atoms with van der Waals surface area (Å²) in [6.07, 6.45) is 0.739. The minimum atomic E-state index is -0.654. The zero-order valence-electron chi connectivity index (χ0n) is 13.4. The van der Waals surface area contributed by atoms with Gasteiger partial charge in [-0.25, -0.2) is 9.97 Å². The fourth-order valence-corrected chi connectivity index (χ4v) is 2.87. The molecule has 1 aliphatic heterocycles. The Morgan fingerprint density at radius 2 is 2.21 bits per heavy atom. The average Bonchev–Trinajstić information content (AvgIpc) is 3.01. The molecule has 2 atom stereocenters. The Morgan fingerprint density at radius 3 is 2.88 bits per heavy atom. The van der Waals surface area contributed by atoms with Gasteiger partial charge in [-0.05, 0) is 19.1 Å². The minimum Gasteiger partial charge on any atom is -0.388 e. The summed E-state index contributed by atoms with van der Waals surface area (Å²) in [5, 5.41) is 10.00. The Bertz CT molecular complexity index is 737. The molecule has 2 aromatic rings. The molecule has 0 radical (unpaired) electrons. The zero-order chi connectivity index (χ0) is 17.1. The number of rotatable bonds is 4. The molecule has 1 saturated heterocycles. The molecular weight excluding hydrogens is 308 g/mol. The molecule has 126 valence electrons. The lowest BCUT2D eigenvalue weighted by Gasteiger charge is -2.29. The summed E-state index contributed by atoms with van der Waals surface area (Å²) in [4.78, 5) is 22.6. The van der Waals surface area contributed by atoms with E-state index in [2.05, 4.69) is 9.97 Å². The van der Waals surface area contributed by atoms with Crippen molar-refractivity contribution in [2.75, 3.05) is 25.5 Å². The summed E-state index contributed by atoms with van der Waals surface area (Å²) in [5.41, 5.74) is 7.67. The van der Waals surface area contributed by atoms with Crippen molar-refractivity contribution >= 4 is 11.7 Å². The number of amides is 1. The largest absolute Gasteiger partial charge is 0.388 e. The standard InChI is InChI=1S/C17H20N4O3/c1-2-21(14-8-24-9-15(14)22)17(23)12-5-3-4-11(6-12)13-7-16(18)20-10-19-13/h3-7,10,14-15,22H,2,8-9H2,1H3,(H2,18,19,20)/t14-,15-/m0/s1. The number of ether oxygens (including phenoxy) is 1. The van der Waals surface area contributed by atoms with Crippen LogP contribution >= 0.6 is 0 Å². The fourth-order valence-electron chi connectivity index (χ4n) is 2.87. The van der Waals surface area contributed by atoms with Gasteiger partial charge < -0.3 is 20.5 Å². The lowest BCUT2D eigenvalue weighted by molar-refractivity contribution is 0.0520. The lowest BCUT2D eigenvalue weighted by Crippen LogP contribution is -2.46. The van der Waals surface area contributed by atoms with Gasteiger partial charge in [-0.1, -0.05) is 12.1 Å². The van der Waals surface area contributed by atoms with E-state index in [-0.39, 0.29) is 18.6 Å². The molecule has 0 saturated carbocycles. The Kier molecular flexibility index (Phi) is 4.73. The number of hydrogen-bond donors (Lipinski definition) is 2. The van der Waals surface area contributed by atoms with Gasteiger partial charge in [-0.15, -0.1) is 0 Å². The van der Waals surface area contributed by atoms with Gasteiger partial charge in [0.25, 0.3) is 5.91 Å². The average molecular weight is 328 g/mol. The molecule has 7 heteroatoms. The van der Waals surface area contributed by atoms with Crippen LogP contribution in [0.15, 0.2) is 36.7 Å². The van der Waals surface area contributed by atoms with E-state index in [4.69, 9.17) is 10.5 Å². The molecule has 7 nitrogen and oxygen atoms in total. The monoisotopic (exact) mass is 328 g/mol. The van der Waals surface area contributed by atoms with Crippen LogP contribution in [0.2, 0.25) is 0 Å². The lowest BCUT2D eigenvalue weighted by atomic mass is 10.1. The molecule has 0 aliphatic carbocycles. The number of benzene rings is 1.